The quantitative estimate of drug-likeness (QED) is 0.0470. The zero-order chi connectivity index (χ0) is 35.9. The molecule has 0 aliphatic carbocycles. The molecule has 0 aliphatic heterocycles. The molecular formula is C43H86N2O4. The zero-order valence-electron chi connectivity index (χ0n) is 33.7. The van der Waals surface area contributed by atoms with Crippen LogP contribution in [0.5, 0.6) is 0 Å². The van der Waals surface area contributed by atoms with Gasteiger partial charge in [0.2, 0.25) is 0 Å². The number of hydrogen-bond acceptors (Lipinski definition) is 6. The third-order valence-electron chi connectivity index (χ3n) is 9.87. The predicted octanol–water partition coefficient (Wildman–Crippen LogP) is 12.1. The molecule has 49 heavy (non-hydrogen) atoms. The van der Waals surface area contributed by atoms with Gasteiger partial charge in [0.1, 0.15) is 0 Å². The molecule has 0 aromatic heterocycles. The number of carbonyl (C=O) groups is 2. The highest BCUT2D eigenvalue weighted by Crippen LogP contribution is 2.14. The van der Waals surface area contributed by atoms with Gasteiger partial charge in [-0.15, -0.1) is 0 Å². The summed E-state index contributed by atoms with van der Waals surface area (Å²) >= 11 is 0. The molecule has 0 saturated carbocycles. The Bertz CT molecular complexity index is 637. The summed E-state index contributed by atoms with van der Waals surface area (Å²) in [6.07, 6.45) is 38.8. The lowest BCUT2D eigenvalue weighted by Crippen LogP contribution is -2.32. The molecule has 0 rings (SSSR count). The fourth-order valence-electron chi connectivity index (χ4n) is 6.55. The van der Waals surface area contributed by atoms with Gasteiger partial charge in [-0.05, 0) is 46.4 Å². The van der Waals surface area contributed by atoms with Gasteiger partial charge < -0.3 is 19.3 Å². The zero-order valence-corrected chi connectivity index (χ0v) is 33.7. The molecule has 0 spiro atoms. The second kappa shape index (κ2) is 39.6. The Balaban J connectivity index is 3.83. The van der Waals surface area contributed by atoms with Gasteiger partial charge in [-0.2, -0.15) is 0 Å². The van der Waals surface area contributed by atoms with Crippen LogP contribution >= 0.6 is 0 Å². The van der Waals surface area contributed by atoms with E-state index in [2.05, 4.69) is 37.7 Å². The van der Waals surface area contributed by atoms with E-state index < -0.39 is 0 Å². The molecule has 0 heterocycles. The van der Waals surface area contributed by atoms with E-state index in [0.717, 1.165) is 45.2 Å². The number of esters is 2. The monoisotopic (exact) mass is 695 g/mol. The lowest BCUT2D eigenvalue weighted by molar-refractivity contribution is -0.144. The Morgan fingerprint density at radius 1 is 0.367 bits per heavy atom. The van der Waals surface area contributed by atoms with E-state index in [4.69, 9.17) is 9.47 Å². The van der Waals surface area contributed by atoms with E-state index in [1.165, 1.54) is 154 Å². The molecule has 0 aromatic rings. The smallest absolute Gasteiger partial charge is 0.307 e. The maximum absolute atomic E-state index is 12.4. The highest BCUT2D eigenvalue weighted by atomic mass is 16.5. The SMILES string of the molecule is CCCCCCCCCCCCCCCCOC(=O)CCN(CCCN(C)C)CCC(=O)OCCCCCCCCCCCCCCCC. The van der Waals surface area contributed by atoms with E-state index in [1.54, 1.807) is 0 Å². The molecule has 0 bridgehead atoms. The van der Waals surface area contributed by atoms with E-state index in [1.807, 2.05) is 0 Å². The largest absolute Gasteiger partial charge is 0.466 e. The summed E-state index contributed by atoms with van der Waals surface area (Å²) in [5.41, 5.74) is 0. The first kappa shape index (κ1) is 47.9. The van der Waals surface area contributed by atoms with Crippen LogP contribution in [0.4, 0.5) is 0 Å². The molecule has 0 saturated heterocycles. The number of nitrogens with zero attached hydrogens (tertiary/aromatic N) is 2. The van der Waals surface area contributed by atoms with Gasteiger partial charge in [0.25, 0.3) is 0 Å². The second-order valence-electron chi connectivity index (χ2n) is 15.1. The van der Waals surface area contributed by atoms with Gasteiger partial charge in [-0.3, -0.25) is 9.59 Å². The van der Waals surface area contributed by atoms with E-state index in [-0.39, 0.29) is 11.9 Å². The van der Waals surface area contributed by atoms with Gasteiger partial charge in [0.05, 0.1) is 26.1 Å². The molecule has 0 N–H and O–H groups in total. The molecule has 292 valence electrons. The standard InChI is InChI=1S/C43H86N2O4/c1-5-7-9-11-13-15-17-19-21-23-25-27-29-31-40-48-42(46)34-38-45(37-33-36-44(3)4)39-35-43(47)49-41-32-30-28-26-24-22-20-18-16-14-12-10-8-6-2/h5-41H2,1-4H3. The maximum Gasteiger partial charge on any atom is 0.307 e. The number of rotatable bonds is 40. The summed E-state index contributed by atoms with van der Waals surface area (Å²) in [7, 11) is 4.15. The van der Waals surface area contributed by atoms with Crippen LogP contribution in [0.3, 0.4) is 0 Å². The van der Waals surface area contributed by atoms with Crippen LogP contribution in [-0.2, 0) is 19.1 Å². The lowest BCUT2D eigenvalue weighted by Gasteiger charge is -2.22. The Kier molecular flexibility index (Phi) is 38.7. The minimum Gasteiger partial charge on any atom is -0.466 e. The average Bonchev–Trinajstić information content (AvgIpc) is 3.09. The van der Waals surface area contributed by atoms with Gasteiger partial charge in [-0.25, -0.2) is 0 Å². The van der Waals surface area contributed by atoms with Crippen molar-refractivity contribution in [2.24, 2.45) is 0 Å². The molecule has 0 amide bonds. The fourth-order valence-corrected chi connectivity index (χ4v) is 6.55. The minimum atomic E-state index is -0.118. The van der Waals surface area contributed by atoms with Gasteiger partial charge in [0, 0.05) is 13.1 Å². The van der Waals surface area contributed by atoms with Gasteiger partial charge in [-0.1, -0.05) is 181 Å². The van der Waals surface area contributed by atoms with Crippen molar-refractivity contribution in [3.63, 3.8) is 0 Å². The van der Waals surface area contributed by atoms with Crippen LogP contribution in [0.1, 0.15) is 213 Å². The summed E-state index contributed by atoms with van der Waals surface area (Å²) in [4.78, 5) is 29.2. The molecule has 0 atom stereocenters. The molecule has 0 fully saturated rings. The van der Waals surface area contributed by atoms with Crippen molar-refractivity contribution in [3.8, 4) is 0 Å². The first-order valence-corrected chi connectivity index (χ1v) is 21.7. The highest BCUT2D eigenvalue weighted by molar-refractivity contribution is 5.70. The molecule has 0 radical (unpaired) electrons. The van der Waals surface area contributed by atoms with E-state index >= 15 is 0 Å². The van der Waals surface area contributed by atoms with Crippen LogP contribution in [0.15, 0.2) is 0 Å². The van der Waals surface area contributed by atoms with Crippen molar-refractivity contribution in [1.82, 2.24) is 9.80 Å². The van der Waals surface area contributed by atoms with Crippen LogP contribution in [0.2, 0.25) is 0 Å². The summed E-state index contributed by atoms with van der Waals surface area (Å²) in [5, 5.41) is 0. The van der Waals surface area contributed by atoms with Crippen molar-refractivity contribution in [3.05, 3.63) is 0 Å². The van der Waals surface area contributed by atoms with E-state index in [9.17, 15) is 9.59 Å². The number of hydrogen-bond donors (Lipinski definition) is 0. The van der Waals surface area contributed by atoms with Crippen molar-refractivity contribution in [2.45, 2.75) is 213 Å². The minimum absolute atomic E-state index is 0.118. The third kappa shape index (κ3) is 39.5. The average molecular weight is 695 g/mol. The molecule has 0 unspecified atom stereocenters. The van der Waals surface area contributed by atoms with Crippen LogP contribution in [0, 0.1) is 0 Å². The number of carbonyl (C=O) groups excluding carboxylic acids is 2. The van der Waals surface area contributed by atoms with Crippen molar-refractivity contribution < 1.29 is 19.1 Å². The summed E-state index contributed by atoms with van der Waals surface area (Å²) in [6.45, 7) is 8.75. The molecule has 6 heteroatoms. The molecule has 0 aromatic carbocycles. The molecule has 0 aliphatic rings. The normalized spacial score (nSPS) is 11.6. The predicted molar refractivity (Wildman–Crippen MR) is 211 cm³/mol. The Labute approximate surface area is 306 Å². The summed E-state index contributed by atoms with van der Waals surface area (Å²) in [6, 6.07) is 0. The first-order chi connectivity index (χ1) is 24.0. The van der Waals surface area contributed by atoms with E-state index in [0.29, 0.717) is 39.1 Å². The first-order valence-electron chi connectivity index (χ1n) is 21.7. The Hall–Kier alpha value is -1.14. The number of ether oxygens (including phenoxy) is 2. The fraction of sp³-hybridized carbons (Fsp3) is 0.953. The van der Waals surface area contributed by atoms with Crippen molar-refractivity contribution in [2.75, 3.05) is 53.5 Å². The number of unbranched alkanes of at least 4 members (excludes halogenated alkanes) is 26. The lowest BCUT2D eigenvalue weighted by atomic mass is 10.0. The summed E-state index contributed by atoms with van der Waals surface area (Å²) in [5.74, 6) is -0.236. The van der Waals surface area contributed by atoms with Crippen LogP contribution < -0.4 is 0 Å². The van der Waals surface area contributed by atoms with Crippen LogP contribution in [-0.4, -0.2) is 75.2 Å². The van der Waals surface area contributed by atoms with Crippen molar-refractivity contribution >= 4 is 11.9 Å². The van der Waals surface area contributed by atoms with Crippen LogP contribution in [0.25, 0.3) is 0 Å². The third-order valence-corrected chi connectivity index (χ3v) is 9.87. The summed E-state index contributed by atoms with van der Waals surface area (Å²) < 4.78 is 11.1. The molecular weight excluding hydrogens is 608 g/mol. The Morgan fingerprint density at radius 3 is 0.939 bits per heavy atom. The highest BCUT2D eigenvalue weighted by Gasteiger charge is 2.12. The second-order valence-corrected chi connectivity index (χ2v) is 15.1. The Morgan fingerprint density at radius 2 is 0.653 bits per heavy atom. The topological polar surface area (TPSA) is 59.1 Å². The van der Waals surface area contributed by atoms with Gasteiger partial charge >= 0.3 is 11.9 Å². The van der Waals surface area contributed by atoms with Gasteiger partial charge in [0.15, 0.2) is 0 Å². The maximum atomic E-state index is 12.4. The molecule has 6 nitrogen and oxygen atoms in total. The van der Waals surface area contributed by atoms with Crippen molar-refractivity contribution in [1.29, 1.82) is 0 Å².